The van der Waals surface area contributed by atoms with Gasteiger partial charge in [0.25, 0.3) is 5.91 Å². The third-order valence-electron chi connectivity index (χ3n) is 4.21. The summed E-state index contributed by atoms with van der Waals surface area (Å²) in [5.41, 5.74) is 0.956. The number of carbonyl (C=O) groups excluding carboxylic acids is 1. The van der Waals surface area contributed by atoms with E-state index in [9.17, 15) is 4.79 Å². The van der Waals surface area contributed by atoms with Crippen molar-refractivity contribution in [3.63, 3.8) is 0 Å². The molecule has 0 fully saturated rings. The van der Waals surface area contributed by atoms with E-state index in [0.29, 0.717) is 35.9 Å². The number of hydrogen-bond acceptors (Lipinski definition) is 5. The first kappa shape index (κ1) is 19.2. The summed E-state index contributed by atoms with van der Waals surface area (Å²) < 4.78 is 13.3. The number of aromatic nitrogens is 3. The van der Waals surface area contributed by atoms with Gasteiger partial charge in [-0.15, -0.1) is 0 Å². The highest BCUT2D eigenvalue weighted by atomic mass is 16.5. The van der Waals surface area contributed by atoms with E-state index in [4.69, 9.17) is 9.47 Å². The van der Waals surface area contributed by atoms with Crippen LogP contribution in [0.5, 0.6) is 17.4 Å². The number of ether oxygens (including phenoxy) is 2. The van der Waals surface area contributed by atoms with Gasteiger partial charge in [-0.05, 0) is 42.5 Å². The fourth-order valence-corrected chi connectivity index (χ4v) is 2.80. The molecule has 30 heavy (non-hydrogen) atoms. The minimum absolute atomic E-state index is 0.243. The Morgan fingerprint density at radius 3 is 2.63 bits per heavy atom. The number of nitrogens with zero attached hydrogens (tertiary/aromatic N) is 3. The summed E-state index contributed by atoms with van der Waals surface area (Å²) in [5.74, 6) is 1.19. The molecule has 4 aromatic rings. The predicted molar refractivity (Wildman–Crippen MR) is 113 cm³/mol. The van der Waals surface area contributed by atoms with Gasteiger partial charge in [0.1, 0.15) is 23.7 Å². The average Bonchev–Trinajstić information content (AvgIpc) is 3.29. The van der Waals surface area contributed by atoms with Crippen molar-refractivity contribution < 1.29 is 14.3 Å². The smallest absolute Gasteiger partial charge is 0.261 e. The highest BCUT2D eigenvalue weighted by Gasteiger charge is 2.15. The van der Waals surface area contributed by atoms with Crippen molar-refractivity contribution in [3.05, 3.63) is 97.0 Å². The molecule has 1 N–H and O–H groups in total. The normalized spacial score (nSPS) is 10.4. The zero-order valence-corrected chi connectivity index (χ0v) is 16.1. The van der Waals surface area contributed by atoms with Crippen LogP contribution in [0.1, 0.15) is 10.4 Å². The highest BCUT2D eigenvalue weighted by molar-refractivity contribution is 6.05. The second-order valence-corrected chi connectivity index (χ2v) is 6.37. The quantitative estimate of drug-likeness (QED) is 0.474. The maximum Gasteiger partial charge on any atom is 0.261 e. The molecule has 150 valence electrons. The van der Waals surface area contributed by atoms with Crippen molar-refractivity contribution in [3.8, 4) is 17.4 Å². The third-order valence-corrected chi connectivity index (χ3v) is 4.21. The molecular formula is C23H20N4O3. The van der Waals surface area contributed by atoms with E-state index >= 15 is 0 Å². The molecule has 7 heteroatoms. The highest BCUT2D eigenvalue weighted by Crippen LogP contribution is 2.24. The fraction of sp³-hybridized carbons (Fsp3) is 0.0870. The Morgan fingerprint density at radius 2 is 1.80 bits per heavy atom. The van der Waals surface area contributed by atoms with Crippen molar-refractivity contribution in [2.45, 2.75) is 6.54 Å². The Hall–Kier alpha value is -4.13. The molecule has 0 aliphatic heterocycles. The second kappa shape index (κ2) is 9.38. The Morgan fingerprint density at radius 1 is 0.933 bits per heavy atom. The van der Waals surface area contributed by atoms with E-state index in [2.05, 4.69) is 15.4 Å². The van der Waals surface area contributed by atoms with E-state index in [1.807, 2.05) is 42.6 Å². The van der Waals surface area contributed by atoms with Crippen LogP contribution < -0.4 is 14.8 Å². The van der Waals surface area contributed by atoms with Gasteiger partial charge in [-0.2, -0.15) is 5.10 Å². The molecule has 2 aromatic carbocycles. The van der Waals surface area contributed by atoms with Crippen molar-refractivity contribution >= 4 is 11.6 Å². The Balaban J connectivity index is 1.41. The number of benzene rings is 2. The maximum absolute atomic E-state index is 12.8. The van der Waals surface area contributed by atoms with Crippen LogP contribution >= 0.6 is 0 Å². The van der Waals surface area contributed by atoms with Gasteiger partial charge < -0.3 is 14.8 Å². The number of amides is 1. The molecule has 2 heterocycles. The molecule has 0 bridgehead atoms. The largest absolute Gasteiger partial charge is 0.492 e. The number of para-hydroxylation sites is 1. The van der Waals surface area contributed by atoms with Crippen molar-refractivity contribution in [1.29, 1.82) is 0 Å². The van der Waals surface area contributed by atoms with Gasteiger partial charge in [0.2, 0.25) is 5.88 Å². The van der Waals surface area contributed by atoms with Crippen molar-refractivity contribution in [2.75, 3.05) is 11.9 Å². The number of carbonyl (C=O) groups is 1. The second-order valence-electron chi connectivity index (χ2n) is 6.37. The Bertz CT molecular complexity index is 1100. The van der Waals surface area contributed by atoms with Crippen LogP contribution in [0.4, 0.5) is 5.69 Å². The van der Waals surface area contributed by atoms with Crippen LogP contribution in [0.25, 0.3) is 0 Å². The molecular weight excluding hydrogens is 380 g/mol. The van der Waals surface area contributed by atoms with E-state index in [0.717, 1.165) is 0 Å². The van der Waals surface area contributed by atoms with Crippen LogP contribution in [0.3, 0.4) is 0 Å². The summed E-state index contributed by atoms with van der Waals surface area (Å²) >= 11 is 0. The Labute approximate surface area is 173 Å². The minimum Gasteiger partial charge on any atom is -0.492 e. The molecule has 0 radical (unpaired) electrons. The lowest BCUT2D eigenvalue weighted by Gasteiger charge is -2.11. The number of anilines is 1. The lowest BCUT2D eigenvalue weighted by molar-refractivity contribution is 0.102. The summed E-state index contributed by atoms with van der Waals surface area (Å²) in [5, 5.41) is 7.01. The first-order valence-electron chi connectivity index (χ1n) is 9.47. The maximum atomic E-state index is 12.8. The topological polar surface area (TPSA) is 78.3 Å². The Kier molecular flexibility index (Phi) is 6.00. The predicted octanol–water partition coefficient (Wildman–Crippen LogP) is 4.40. The number of rotatable bonds is 8. The summed E-state index contributed by atoms with van der Waals surface area (Å²) in [6, 6.07) is 21.7. The zero-order valence-electron chi connectivity index (χ0n) is 16.1. The van der Waals surface area contributed by atoms with Crippen molar-refractivity contribution in [2.24, 2.45) is 0 Å². The van der Waals surface area contributed by atoms with Crippen LogP contribution in [0, 0.1) is 0 Å². The summed E-state index contributed by atoms with van der Waals surface area (Å²) in [6.07, 6.45) is 5.19. The van der Waals surface area contributed by atoms with Gasteiger partial charge in [-0.25, -0.2) is 4.98 Å². The standard InChI is InChI=1S/C23H20N4O3/c28-22(21-11-5-12-24-23(21)30-19-8-2-1-3-9-19)26-18-7-4-10-20(17-18)29-16-15-27-14-6-13-25-27/h1-14,17H,15-16H2,(H,26,28). The van der Waals surface area contributed by atoms with Crippen molar-refractivity contribution in [1.82, 2.24) is 14.8 Å². The summed E-state index contributed by atoms with van der Waals surface area (Å²) in [7, 11) is 0. The van der Waals surface area contributed by atoms with E-state index in [1.54, 1.807) is 53.5 Å². The molecule has 0 saturated heterocycles. The minimum atomic E-state index is -0.317. The molecule has 2 aromatic heterocycles. The van der Waals surface area contributed by atoms with Gasteiger partial charge in [-0.1, -0.05) is 24.3 Å². The average molecular weight is 400 g/mol. The van der Waals surface area contributed by atoms with Crippen LogP contribution in [-0.2, 0) is 6.54 Å². The van der Waals surface area contributed by atoms with E-state index < -0.39 is 0 Å². The molecule has 0 unspecified atom stereocenters. The zero-order chi connectivity index (χ0) is 20.6. The SMILES string of the molecule is O=C(Nc1cccc(OCCn2cccn2)c1)c1cccnc1Oc1ccccc1. The van der Waals surface area contributed by atoms with Crippen LogP contribution in [-0.4, -0.2) is 27.3 Å². The lowest BCUT2D eigenvalue weighted by Crippen LogP contribution is -2.14. The van der Waals surface area contributed by atoms with E-state index in [-0.39, 0.29) is 11.8 Å². The summed E-state index contributed by atoms with van der Waals surface area (Å²) in [4.78, 5) is 17.0. The number of pyridine rings is 1. The molecule has 1 amide bonds. The third kappa shape index (κ3) is 5.02. The van der Waals surface area contributed by atoms with E-state index in [1.165, 1.54) is 0 Å². The van der Waals surface area contributed by atoms with Gasteiger partial charge in [-0.3, -0.25) is 9.48 Å². The monoisotopic (exact) mass is 400 g/mol. The summed E-state index contributed by atoms with van der Waals surface area (Å²) in [6.45, 7) is 1.11. The van der Waals surface area contributed by atoms with Gasteiger partial charge in [0.05, 0.1) is 6.54 Å². The first-order chi connectivity index (χ1) is 14.8. The number of nitrogens with one attached hydrogen (secondary N) is 1. The van der Waals surface area contributed by atoms with Gasteiger partial charge >= 0.3 is 0 Å². The molecule has 7 nitrogen and oxygen atoms in total. The molecule has 0 atom stereocenters. The molecule has 4 rings (SSSR count). The van der Waals surface area contributed by atoms with Crippen LogP contribution in [0.2, 0.25) is 0 Å². The molecule has 0 aliphatic rings. The molecule has 0 saturated carbocycles. The first-order valence-corrected chi connectivity index (χ1v) is 9.47. The lowest BCUT2D eigenvalue weighted by atomic mass is 10.2. The van der Waals surface area contributed by atoms with Gasteiger partial charge in [0.15, 0.2) is 0 Å². The number of hydrogen-bond donors (Lipinski definition) is 1. The van der Waals surface area contributed by atoms with Gasteiger partial charge in [0, 0.05) is 30.3 Å². The van der Waals surface area contributed by atoms with Crippen LogP contribution in [0.15, 0.2) is 91.4 Å². The molecule has 0 spiro atoms. The molecule has 0 aliphatic carbocycles. The fourth-order valence-electron chi connectivity index (χ4n) is 2.80.